The third kappa shape index (κ3) is 0.884. The van der Waals surface area contributed by atoms with Crippen LogP contribution in [0.5, 0.6) is 23.0 Å². The van der Waals surface area contributed by atoms with Crippen LogP contribution in [0.1, 0.15) is 0 Å². The van der Waals surface area contributed by atoms with Gasteiger partial charge in [-0.25, -0.2) is 0 Å². The highest BCUT2D eigenvalue weighted by Gasteiger charge is 2.23. The van der Waals surface area contributed by atoms with Gasteiger partial charge in [-0.3, -0.25) is 0 Å². The highest BCUT2D eigenvalue weighted by molar-refractivity contribution is 5.54. The number of phenolic OH excluding ortho intramolecular Hbond substituents is 4. The van der Waals surface area contributed by atoms with Crippen molar-refractivity contribution in [3.05, 3.63) is 11.6 Å². The molecule has 0 saturated carbocycles. The maximum Gasteiger partial charge on any atom is 0.214 e. The predicted octanol–water partition coefficient (Wildman–Crippen LogP) is 0.787. The average molecular weight is 178 g/mol. The number of rotatable bonds is 0. The van der Waals surface area contributed by atoms with Crippen LogP contribution in [0.3, 0.4) is 0 Å². The number of halogens is 2. The van der Waals surface area contributed by atoms with Gasteiger partial charge in [-0.15, -0.1) is 0 Å². The molecular weight excluding hydrogens is 174 g/mol. The number of phenols is 4. The van der Waals surface area contributed by atoms with Crippen molar-refractivity contribution >= 4 is 0 Å². The summed E-state index contributed by atoms with van der Waals surface area (Å²) in [5.41, 5.74) is 0. The van der Waals surface area contributed by atoms with Crippen molar-refractivity contribution in [1.82, 2.24) is 0 Å². The van der Waals surface area contributed by atoms with E-state index in [1.54, 1.807) is 0 Å². The van der Waals surface area contributed by atoms with Gasteiger partial charge >= 0.3 is 0 Å². The lowest BCUT2D eigenvalue weighted by Crippen LogP contribution is -1.85. The second kappa shape index (κ2) is 2.40. The lowest BCUT2D eigenvalue weighted by Gasteiger charge is -2.04. The highest BCUT2D eigenvalue weighted by atomic mass is 19.1. The molecule has 12 heavy (non-hydrogen) atoms. The molecule has 0 saturated heterocycles. The van der Waals surface area contributed by atoms with E-state index >= 15 is 0 Å². The molecule has 0 spiro atoms. The third-order valence-electron chi connectivity index (χ3n) is 1.28. The van der Waals surface area contributed by atoms with Crippen molar-refractivity contribution < 1.29 is 29.2 Å². The minimum absolute atomic E-state index is 1.44. The zero-order valence-corrected chi connectivity index (χ0v) is 5.54. The van der Waals surface area contributed by atoms with Crippen molar-refractivity contribution in [1.29, 1.82) is 0 Å². The lowest BCUT2D eigenvalue weighted by atomic mass is 10.2. The molecule has 1 aromatic rings. The van der Waals surface area contributed by atoms with Crippen LogP contribution in [0.15, 0.2) is 0 Å². The van der Waals surface area contributed by atoms with Crippen molar-refractivity contribution in [3.63, 3.8) is 0 Å². The molecule has 0 unspecified atom stereocenters. The fourth-order valence-electron chi connectivity index (χ4n) is 0.640. The van der Waals surface area contributed by atoms with Gasteiger partial charge < -0.3 is 20.4 Å². The minimum atomic E-state index is -1.67. The molecule has 66 valence electrons. The SMILES string of the molecule is Oc1c(O)c(F)c(O)c(O)c1F. The van der Waals surface area contributed by atoms with Crippen molar-refractivity contribution in [3.8, 4) is 23.0 Å². The quantitative estimate of drug-likeness (QED) is 0.349. The molecule has 0 atom stereocenters. The summed E-state index contributed by atoms with van der Waals surface area (Å²) >= 11 is 0. The van der Waals surface area contributed by atoms with Crippen molar-refractivity contribution in [2.45, 2.75) is 0 Å². The van der Waals surface area contributed by atoms with Crippen LogP contribution >= 0.6 is 0 Å². The van der Waals surface area contributed by atoms with Gasteiger partial charge in [-0.05, 0) is 0 Å². The first kappa shape index (κ1) is 8.38. The lowest BCUT2D eigenvalue weighted by molar-refractivity contribution is 0.309. The van der Waals surface area contributed by atoms with Crippen LogP contribution < -0.4 is 0 Å². The molecule has 4 N–H and O–H groups in total. The molecule has 0 heterocycles. The Balaban J connectivity index is 3.60. The molecule has 1 aromatic carbocycles. The van der Waals surface area contributed by atoms with Crippen LogP contribution in [0, 0.1) is 11.6 Å². The fourth-order valence-corrected chi connectivity index (χ4v) is 0.640. The largest absolute Gasteiger partial charge is 0.502 e. The van der Waals surface area contributed by atoms with Crippen LogP contribution in [-0.4, -0.2) is 20.4 Å². The van der Waals surface area contributed by atoms with Crippen molar-refractivity contribution in [2.75, 3.05) is 0 Å². The Labute approximate surface area is 64.9 Å². The van der Waals surface area contributed by atoms with E-state index in [0.29, 0.717) is 0 Å². The first-order valence-electron chi connectivity index (χ1n) is 2.77. The molecular formula is C6H4F2O4. The van der Waals surface area contributed by atoms with Crippen LogP contribution in [-0.2, 0) is 0 Å². The smallest absolute Gasteiger partial charge is 0.214 e. The Morgan fingerprint density at radius 3 is 0.917 bits per heavy atom. The van der Waals surface area contributed by atoms with Crippen LogP contribution in [0.25, 0.3) is 0 Å². The summed E-state index contributed by atoms with van der Waals surface area (Å²) < 4.78 is 24.9. The summed E-state index contributed by atoms with van der Waals surface area (Å²) in [7, 11) is 0. The standard InChI is InChI=1S/C6H4F2O4/c7-1-3(9)5(11)2(8)6(12)4(1)10/h9-12H. The Kier molecular flexibility index (Phi) is 1.68. The second-order valence-corrected chi connectivity index (χ2v) is 2.02. The van der Waals surface area contributed by atoms with Gasteiger partial charge in [-0.1, -0.05) is 0 Å². The van der Waals surface area contributed by atoms with Crippen molar-refractivity contribution in [2.24, 2.45) is 0 Å². The Morgan fingerprint density at radius 1 is 0.583 bits per heavy atom. The van der Waals surface area contributed by atoms with E-state index in [4.69, 9.17) is 20.4 Å². The van der Waals surface area contributed by atoms with Gasteiger partial charge in [0.05, 0.1) is 0 Å². The Bertz CT molecular complexity index is 232. The van der Waals surface area contributed by atoms with E-state index in [1.807, 2.05) is 0 Å². The molecule has 0 radical (unpaired) electrons. The number of aromatic hydroxyl groups is 4. The molecule has 1 rings (SSSR count). The van der Waals surface area contributed by atoms with Gasteiger partial charge in [0.1, 0.15) is 0 Å². The summed E-state index contributed by atoms with van der Waals surface area (Å²) in [6.45, 7) is 0. The van der Waals surface area contributed by atoms with Crippen LogP contribution in [0.4, 0.5) is 8.78 Å². The Morgan fingerprint density at radius 2 is 0.750 bits per heavy atom. The summed E-state index contributed by atoms with van der Waals surface area (Å²) in [5, 5.41) is 34.2. The summed E-state index contributed by atoms with van der Waals surface area (Å²) in [6.07, 6.45) is 0. The van der Waals surface area contributed by atoms with E-state index in [9.17, 15) is 8.78 Å². The van der Waals surface area contributed by atoms with E-state index < -0.39 is 34.6 Å². The maximum absolute atomic E-state index is 12.4. The Hall–Kier alpha value is -1.72. The number of benzene rings is 1. The maximum atomic E-state index is 12.4. The zero-order valence-electron chi connectivity index (χ0n) is 5.54. The van der Waals surface area contributed by atoms with Crippen LogP contribution in [0.2, 0.25) is 0 Å². The summed E-state index contributed by atoms with van der Waals surface area (Å²) in [4.78, 5) is 0. The van der Waals surface area contributed by atoms with E-state index in [-0.39, 0.29) is 0 Å². The normalized spacial score (nSPS) is 10.2. The third-order valence-corrected chi connectivity index (χ3v) is 1.28. The molecule has 0 fully saturated rings. The first-order chi connectivity index (χ1) is 5.46. The van der Waals surface area contributed by atoms with E-state index in [1.165, 1.54) is 0 Å². The predicted molar refractivity (Wildman–Crippen MR) is 33.0 cm³/mol. The highest BCUT2D eigenvalue weighted by Crippen LogP contribution is 2.43. The number of hydrogen-bond acceptors (Lipinski definition) is 4. The second-order valence-electron chi connectivity index (χ2n) is 2.02. The van der Waals surface area contributed by atoms with Gasteiger partial charge in [0.25, 0.3) is 0 Å². The molecule has 0 aliphatic heterocycles. The fraction of sp³-hybridized carbons (Fsp3) is 0. The monoisotopic (exact) mass is 178 g/mol. The topological polar surface area (TPSA) is 80.9 Å². The summed E-state index contributed by atoms with van der Waals surface area (Å²) in [6, 6.07) is 0. The minimum Gasteiger partial charge on any atom is -0.502 e. The van der Waals surface area contributed by atoms with Gasteiger partial charge in [0.15, 0.2) is 0 Å². The molecule has 0 bridgehead atoms. The van der Waals surface area contributed by atoms with E-state index in [2.05, 4.69) is 0 Å². The van der Waals surface area contributed by atoms with Gasteiger partial charge in [0, 0.05) is 0 Å². The molecule has 6 heteroatoms. The molecule has 4 nitrogen and oxygen atoms in total. The van der Waals surface area contributed by atoms with Gasteiger partial charge in [0.2, 0.25) is 34.6 Å². The number of hydrogen-bond donors (Lipinski definition) is 4. The van der Waals surface area contributed by atoms with E-state index in [0.717, 1.165) is 0 Å². The summed E-state index contributed by atoms with van der Waals surface area (Å²) in [5.74, 6) is -9.12. The molecule has 0 aromatic heterocycles. The zero-order chi connectivity index (χ0) is 9.46. The molecule has 0 aliphatic carbocycles. The molecule has 0 amide bonds. The average Bonchev–Trinajstić information content (AvgIpc) is 2.08. The first-order valence-corrected chi connectivity index (χ1v) is 2.77. The van der Waals surface area contributed by atoms with Gasteiger partial charge in [-0.2, -0.15) is 8.78 Å². The molecule has 0 aliphatic rings.